The minimum absolute atomic E-state index is 0.0119. The summed E-state index contributed by atoms with van der Waals surface area (Å²) in [5.74, 6) is 0.933. The zero-order valence-electron chi connectivity index (χ0n) is 11.3. The lowest BCUT2D eigenvalue weighted by Gasteiger charge is -2.29. The van der Waals surface area contributed by atoms with Crippen molar-refractivity contribution in [2.75, 3.05) is 19.1 Å². The molecule has 0 saturated heterocycles. The van der Waals surface area contributed by atoms with Crippen LogP contribution in [-0.2, 0) is 4.79 Å². The number of hydrogen-bond acceptors (Lipinski definition) is 3. The van der Waals surface area contributed by atoms with Gasteiger partial charge in [-0.15, -0.1) is 0 Å². The molecule has 0 radical (unpaired) electrons. The highest BCUT2D eigenvalue weighted by Gasteiger charge is 2.24. The van der Waals surface area contributed by atoms with Crippen molar-refractivity contribution in [3.63, 3.8) is 0 Å². The normalized spacial score (nSPS) is 14.0. The number of nitrogens with two attached hydrogens (primary N) is 1. The Kier molecular flexibility index (Phi) is 6.22. The molecule has 3 nitrogen and oxygen atoms in total. The predicted octanol–water partition coefficient (Wildman–Crippen LogP) is 2.29. The molecule has 0 saturated carbocycles. The number of hydrogen-bond donors (Lipinski definition) is 1. The second-order valence-electron chi connectivity index (χ2n) is 4.35. The predicted molar refractivity (Wildman–Crippen MR) is 78.6 cm³/mol. The van der Waals surface area contributed by atoms with Gasteiger partial charge >= 0.3 is 0 Å². The van der Waals surface area contributed by atoms with Gasteiger partial charge in [0.15, 0.2) is 0 Å². The molecule has 4 heteroatoms. The molecule has 0 fully saturated rings. The first-order valence-corrected chi connectivity index (χ1v) is 7.57. The lowest BCUT2D eigenvalue weighted by Crippen LogP contribution is -2.43. The lowest BCUT2D eigenvalue weighted by atomic mass is 10.1. The minimum Gasteiger partial charge on any atom is -0.340 e. The SMILES string of the molecule is CCC(CSC)N(C)C(=O)[C@@H](N)c1ccccc1. The molecule has 0 heterocycles. The van der Waals surface area contributed by atoms with Crippen LogP contribution >= 0.6 is 11.8 Å². The Bertz CT molecular complexity index is 369. The van der Waals surface area contributed by atoms with E-state index in [0.717, 1.165) is 17.7 Å². The molecule has 0 aliphatic rings. The lowest BCUT2D eigenvalue weighted by molar-refractivity contribution is -0.133. The molecule has 0 aliphatic carbocycles. The van der Waals surface area contributed by atoms with E-state index < -0.39 is 6.04 Å². The largest absolute Gasteiger partial charge is 0.340 e. The first kappa shape index (κ1) is 15.1. The first-order valence-electron chi connectivity index (χ1n) is 6.18. The maximum Gasteiger partial charge on any atom is 0.244 e. The van der Waals surface area contributed by atoms with Crippen molar-refractivity contribution in [2.45, 2.75) is 25.4 Å². The molecular formula is C14H22N2OS. The van der Waals surface area contributed by atoms with E-state index >= 15 is 0 Å². The first-order chi connectivity index (χ1) is 8.61. The summed E-state index contributed by atoms with van der Waals surface area (Å²) in [6.45, 7) is 2.10. The highest BCUT2D eigenvalue weighted by molar-refractivity contribution is 7.98. The molecular weight excluding hydrogens is 244 g/mol. The number of rotatable bonds is 6. The summed E-state index contributed by atoms with van der Waals surface area (Å²) in [5.41, 5.74) is 6.90. The summed E-state index contributed by atoms with van der Waals surface area (Å²) in [6, 6.07) is 9.21. The van der Waals surface area contributed by atoms with Crippen LogP contribution in [0.1, 0.15) is 24.9 Å². The molecule has 1 amide bonds. The van der Waals surface area contributed by atoms with Crippen molar-refractivity contribution in [1.29, 1.82) is 0 Å². The molecule has 18 heavy (non-hydrogen) atoms. The number of likely N-dealkylation sites (N-methyl/N-ethyl adjacent to an activating group) is 1. The van der Waals surface area contributed by atoms with Gasteiger partial charge in [-0.2, -0.15) is 11.8 Å². The van der Waals surface area contributed by atoms with E-state index in [0.29, 0.717) is 0 Å². The van der Waals surface area contributed by atoms with Gasteiger partial charge in [0.2, 0.25) is 5.91 Å². The van der Waals surface area contributed by atoms with E-state index in [4.69, 9.17) is 5.73 Å². The number of amides is 1. The van der Waals surface area contributed by atoms with Crippen LogP contribution in [0, 0.1) is 0 Å². The van der Waals surface area contributed by atoms with Crippen molar-refractivity contribution in [3.8, 4) is 0 Å². The fourth-order valence-corrected chi connectivity index (χ4v) is 2.74. The monoisotopic (exact) mass is 266 g/mol. The van der Waals surface area contributed by atoms with E-state index in [-0.39, 0.29) is 11.9 Å². The Morgan fingerprint density at radius 2 is 2.00 bits per heavy atom. The van der Waals surface area contributed by atoms with Crippen LogP contribution in [0.4, 0.5) is 0 Å². The van der Waals surface area contributed by atoms with Gasteiger partial charge in [-0.05, 0) is 18.2 Å². The Morgan fingerprint density at radius 1 is 1.39 bits per heavy atom. The van der Waals surface area contributed by atoms with Crippen molar-refractivity contribution >= 4 is 17.7 Å². The third-order valence-corrected chi connectivity index (χ3v) is 3.87. The Balaban J connectivity index is 2.74. The Hall–Kier alpha value is -1.00. The van der Waals surface area contributed by atoms with E-state index in [1.165, 1.54) is 0 Å². The number of carbonyl (C=O) groups excluding carboxylic acids is 1. The van der Waals surface area contributed by atoms with Gasteiger partial charge in [0.25, 0.3) is 0 Å². The molecule has 1 rings (SSSR count). The van der Waals surface area contributed by atoms with Crippen LogP contribution in [0.2, 0.25) is 0 Å². The molecule has 2 N–H and O–H groups in total. The zero-order chi connectivity index (χ0) is 13.5. The molecule has 1 aromatic carbocycles. The summed E-state index contributed by atoms with van der Waals surface area (Å²) < 4.78 is 0. The van der Waals surface area contributed by atoms with Gasteiger partial charge in [0.05, 0.1) is 0 Å². The van der Waals surface area contributed by atoms with Crippen LogP contribution in [0.15, 0.2) is 30.3 Å². The van der Waals surface area contributed by atoms with Crippen LogP contribution in [-0.4, -0.2) is 35.9 Å². The van der Waals surface area contributed by atoms with Crippen molar-refractivity contribution in [3.05, 3.63) is 35.9 Å². The van der Waals surface area contributed by atoms with Crippen molar-refractivity contribution in [2.24, 2.45) is 5.73 Å². The molecule has 1 unspecified atom stereocenters. The Labute approximate surface area is 114 Å². The second kappa shape index (κ2) is 7.44. The standard InChI is InChI=1S/C14H22N2OS/c1-4-12(10-18-3)16(2)14(17)13(15)11-8-6-5-7-9-11/h5-9,12-13H,4,10,15H2,1-3H3/t12?,13-/m0/s1. The maximum atomic E-state index is 12.3. The molecule has 0 aliphatic heterocycles. The summed E-state index contributed by atoms with van der Waals surface area (Å²) in [4.78, 5) is 14.1. The molecule has 0 aromatic heterocycles. The van der Waals surface area contributed by atoms with Crippen molar-refractivity contribution in [1.82, 2.24) is 4.90 Å². The fourth-order valence-electron chi connectivity index (χ4n) is 1.90. The van der Waals surface area contributed by atoms with Gasteiger partial charge in [-0.3, -0.25) is 4.79 Å². The van der Waals surface area contributed by atoms with Gasteiger partial charge in [0.1, 0.15) is 6.04 Å². The summed E-state index contributed by atoms with van der Waals surface area (Å²) in [5, 5.41) is 0. The number of benzene rings is 1. The third kappa shape index (κ3) is 3.75. The van der Waals surface area contributed by atoms with E-state index in [9.17, 15) is 4.79 Å². The smallest absolute Gasteiger partial charge is 0.244 e. The number of thioether (sulfide) groups is 1. The summed E-state index contributed by atoms with van der Waals surface area (Å²) in [6.07, 6.45) is 3.00. The van der Waals surface area contributed by atoms with E-state index in [1.54, 1.807) is 16.7 Å². The highest BCUT2D eigenvalue weighted by atomic mass is 32.2. The van der Waals surface area contributed by atoms with E-state index in [1.807, 2.05) is 37.4 Å². The van der Waals surface area contributed by atoms with Gasteiger partial charge in [-0.1, -0.05) is 37.3 Å². The highest BCUT2D eigenvalue weighted by Crippen LogP contribution is 2.16. The van der Waals surface area contributed by atoms with Gasteiger partial charge < -0.3 is 10.6 Å². The average Bonchev–Trinajstić information content (AvgIpc) is 2.43. The molecule has 0 spiro atoms. The summed E-state index contributed by atoms with van der Waals surface area (Å²) >= 11 is 1.75. The topological polar surface area (TPSA) is 46.3 Å². The number of carbonyl (C=O) groups is 1. The van der Waals surface area contributed by atoms with Crippen LogP contribution in [0.5, 0.6) is 0 Å². The summed E-state index contributed by atoms with van der Waals surface area (Å²) in [7, 11) is 1.84. The van der Waals surface area contributed by atoms with E-state index in [2.05, 4.69) is 13.2 Å². The van der Waals surface area contributed by atoms with Crippen molar-refractivity contribution < 1.29 is 4.79 Å². The van der Waals surface area contributed by atoms with Gasteiger partial charge in [0, 0.05) is 18.8 Å². The maximum absolute atomic E-state index is 12.3. The molecule has 1 aromatic rings. The third-order valence-electron chi connectivity index (χ3n) is 3.15. The van der Waals surface area contributed by atoms with Crippen LogP contribution in [0.25, 0.3) is 0 Å². The van der Waals surface area contributed by atoms with Gasteiger partial charge in [-0.25, -0.2) is 0 Å². The molecule has 2 atom stereocenters. The quantitative estimate of drug-likeness (QED) is 0.859. The average molecular weight is 266 g/mol. The molecule has 100 valence electrons. The fraction of sp³-hybridized carbons (Fsp3) is 0.500. The number of nitrogens with zero attached hydrogens (tertiary/aromatic N) is 1. The second-order valence-corrected chi connectivity index (χ2v) is 5.27. The van der Waals surface area contributed by atoms with Crippen LogP contribution < -0.4 is 5.73 Å². The zero-order valence-corrected chi connectivity index (χ0v) is 12.1. The minimum atomic E-state index is -0.563. The Morgan fingerprint density at radius 3 is 2.50 bits per heavy atom. The van der Waals surface area contributed by atoms with Crippen LogP contribution in [0.3, 0.4) is 0 Å². The molecule has 0 bridgehead atoms.